The van der Waals surface area contributed by atoms with Crippen LogP contribution in [0.2, 0.25) is 0 Å². The molecule has 0 radical (unpaired) electrons. The van der Waals surface area contributed by atoms with Gasteiger partial charge < -0.3 is 20.5 Å². The first-order valence-electron chi connectivity index (χ1n) is 7.64. The number of benzene rings is 1. The molecule has 24 heavy (non-hydrogen) atoms. The first kappa shape index (κ1) is 17.5. The molecule has 0 aliphatic rings. The van der Waals surface area contributed by atoms with E-state index in [-0.39, 0.29) is 29.6 Å². The van der Waals surface area contributed by atoms with Crippen molar-refractivity contribution in [3.05, 3.63) is 41.9 Å². The molecule has 0 aliphatic carbocycles. The summed E-state index contributed by atoms with van der Waals surface area (Å²) in [4.78, 5) is 20.1. The average Bonchev–Trinajstić information content (AvgIpc) is 2.54. The van der Waals surface area contributed by atoms with E-state index in [1.165, 1.54) is 12.4 Å². The number of anilines is 1. The number of nitrogens with two attached hydrogens (primary N) is 1. The molecule has 1 amide bonds. The highest BCUT2D eigenvalue weighted by molar-refractivity contribution is 5.96. The second kappa shape index (κ2) is 7.63. The fraction of sp³-hybridized carbons (Fsp3) is 0.353. The predicted octanol–water partition coefficient (Wildman–Crippen LogP) is 2.35. The number of nitrogen functional groups attached to an aromatic ring is 1. The molecule has 0 saturated heterocycles. The number of nitrogens with one attached hydrogen (secondary N) is 1. The molecule has 0 saturated carbocycles. The van der Waals surface area contributed by atoms with Crippen LogP contribution in [-0.2, 0) is 0 Å². The van der Waals surface area contributed by atoms with E-state index in [2.05, 4.69) is 15.3 Å². The highest BCUT2D eigenvalue weighted by Gasteiger charge is 2.17. The summed E-state index contributed by atoms with van der Waals surface area (Å²) >= 11 is 0. The van der Waals surface area contributed by atoms with Crippen molar-refractivity contribution in [3.63, 3.8) is 0 Å². The quantitative estimate of drug-likeness (QED) is 0.843. The highest BCUT2D eigenvalue weighted by Crippen LogP contribution is 2.31. The minimum atomic E-state index is -0.380. The van der Waals surface area contributed by atoms with E-state index in [1.807, 2.05) is 39.0 Å². The van der Waals surface area contributed by atoms with Crippen molar-refractivity contribution >= 4 is 11.7 Å². The summed E-state index contributed by atoms with van der Waals surface area (Å²) in [7, 11) is 1.58. The molecule has 1 aromatic carbocycles. The summed E-state index contributed by atoms with van der Waals surface area (Å²) < 4.78 is 11.1. The zero-order chi connectivity index (χ0) is 17.7. The van der Waals surface area contributed by atoms with Crippen LogP contribution >= 0.6 is 0 Å². The lowest BCUT2D eigenvalue weighted by Crippen LogP contribution is -2.28. The minimum absolute atomic E-state index is 0.0431. The predicted molar refractivity (Wildman–Crippen MR) is 91.1 cm³/mol. The first-order valence-corrected chi connectivity index (χ1v) is 7.64. The molecule has 3 N–H and O–H groups in total. The average molecular weight is 330 g/mol. The van der Waals surface area contributed by atoms with E-state index in [0.717, 1.165) is 5.56 Å². The molecular formula is C17H22N4O3. The van der Waals surface area contributed by atoms with Gasteiger partial charge in [-0.05, 0) is 38.5 Å². The summed E-state index contributed by atoms with van der Waals surface area (Å²) in [5, 5.41) is 2.85. The Hall–Kier alpha value is -2.83. The molecule has 0 spiro atoms. The fourth-order valence-corrected chi connectivity index (χ4v) is 2.18. The number of nitrogens with zero attached hydrogens (tertiary/aromatic N) is 2. The number of methoxy groups -OCH3 is 1. The lowest BCUT2D eigenvalue weighted by Gasteiger charge is -2.18. The fourth-order valence-electron chi connectivity index (χ4n) is 2.18. The zero-order valence-corrected chi connectivity index (χ0v) is 14.2. The smallest absolute Gasteiger partial charge is 0.274 e. The molecule has 0 aliphatic heterocycles. The van der Waals surface area contributed by atoms with Gasteiger partial charge in [0, 0.05) is 12.4 Å². The molecule has 2 aromatic rings. The van der Waals surface area contributed by atoms with Crippen molar-refractivity contribution in [1.29, 1.82) is 0 Å². The van der Waals surface area contributed by atoms with Crippen LogP contribution in [0.25, 0.3) is 0 Å². The molecule has 0 unspecified atom stereocenters. The molecule has 0 bridgehead atoms. The van der Waals surface area contributed by atoms with Gasteiger partial charge in [0.2, 0.25) is 0 Å². The van der Waals surface area contributed by atoms with Gasteiger partial charge in [0.25, 0.3) is 5.91 Å². The second-order valence-corrected chi connectivity index (χ2v) is 5.56. The first-order chi connectivity index (χ1) is 11.4. The van der Waals surface area contributed by atoms with E-state index in [0.29, 0.717) is 11.5 Å². The number of aromatic nitrogens is 2. The van der Waals surface area contributed by atoms with Gasteiger partial charge in [-0.25, -0.2) is 9.97 Å². The molecular weight excluding hydrogens is 308 g/mol. The van der Waals surface area contributed by atoms with Gasteiger partial charge in [-0.2, -0.15) is 0 Å². The third-order valence-corrected chi connectivity index (χ3v) is 3.34. The maximum atomic E-state index is 12.3. The summed E-state index contributed by atoms with van der Waals surface area (Å²) in [6, 6.07) is 5.28. The van der Waals surface area contributed by atoms with Crippen molar-refractivity contribution in [1.82, 2.24) is 15.3 Å². The van der Waals surface area contributed by atoms with Gasteiger partial charge in [-0.3, -0.25) is 4.79 Å². The van der Waals surface area contributed by atoms with Crippen LogP contribution in [0.3, 0.4) is 0 Å². The SMILES string of the molecule is COc1cc([C@@H](C)NC(=O)c2nccnc2N)ccc1OC(C)C. The van der Waals surface area contributed by atoms with Gasteiger partial charge in [0.05, 0.1) is 19.3 Å². The van der Waals surface area contributed by atoms with Crippen molar-refractivity contribution in [2.45, 2.75) is 32.9 Å². The van der Waals surface area contributed by atoms with Crippen molar-refractivity contribution in [3.8, 4) is 11.5 Å². The summed E-state index contributed by atoms with van der Waals surface area (Å²) in [6.07, 6.45) is 2.91. The third kappa shape index (κ3) is 4.13. The van der Waals surface area contributed by atoms with E-state index in [4.69, 9.17) is 15.2 Å². The monoisotopic (exact) mass is 330 g/mol. The molecule has 1 aromatic heterocycles. The van der Waals surface area contributed by atoms with Crippen LogP contribution in [0.5, 0.6) is 11.5 Å². The van der Waals surface area contributed by atoms with Crippen LogP contribution in [-0.4, -0.2) is 29.1 Å². The Bertz CT molecular complexity index is 719. The van der Waals surface area contributed by atoms with E-state index in [1.54, 1.807) is 7.11 Å². The Kier molecular flexibility index (Phi) is 5.57. The van der Waals surface area contributed by atoms with Gasteiger partial charge >= 0.3 is 0 Å². The van der Waals surface area contributed by atoms with Crippen molar-refractivity contribution in [2.24, 2.45) is 0 Å². The maximum absolute atomic E-state index is 12.3. The van der Waals surface area contributed by atoms with Crippen molar-refractivity contribution < 1.29 is 14.3 Å². The van der Waals surface area contributed by atoms with Crippen LogP contribution in [0.4, 0.5) is 5.82 Å². The van der Waals surface area contributed by atoms with Gasteiger partial charge in [0.15, 0.2) is 23.0 Å². The Labute approximate surface area is 141 Å². The molecule has 2 rings (SSSR count). The molecule has 128 valence electrons. The van der Waals surface area contributed by atoms with Gasteiger partial charge in [-0.15, -0.1) is 0 Å². The molecule has 1 heterocycles. The van der Waals surface area contributed by atoms with Gasteiger partial charge in [0.1, 0.15) is 0 Å². The highest BCUT2D eigenvalue weighted by atomic mass is 16.5. The minimum Gasteiger partial charge on any atom is -0.493 e. The Morgan fingerprint density at radius 3 is 2.50 bits per heavy atom. The standard InChI is InChI=1S/C17H22N4O3/c1-10(2)24-13-6-5-12(9-14(13)23-4)11(3)21-17(22)15-16(18)20-8-7-19-15/h5-11H,1-4H3,(H2,18,20)(H,21,22)/t11-/m1/s1. The number of amides is 1. The van der Waals surface area contributed by atoms with Crippen LogP contribution < -0.4 is 20.5 Å². The molecule has 7 nitrogen and oxygen atoms in total. The van der Waals surface area contributed by atoms with Gasteiger partial charge in [-0.1, -0.05) is 6.07 Å². The summed E-state index contributed by atoms with van der Waals surface area (Å²) in [5.41, 5.74) is 6.66. The Balaban J connectivity index is 2.16. The van der Waals surface area contributed by atoms with Crippen LogP contribution in [0, 0.1) is 0 Å². The topological polar surface area (TPSA) is 99.4 Å². The number of ether oxygens (including phenoxy) is 2. The number of carbonyl (C=O) groups is 1. The summed E-state index contributed by atoms with van der Waals surface area (Å²) in [5.74, 6) is 0.990. The Morgan fingerprint density at radius 1 is 1.17 bits per heavy atom. The lowest BCUT2D eigenvalue weighted by molar-refractivity contribution is 0.0935. The lowest BCUT2D eigenvalue weighted by atomic mass is 10.1. The normalized spacial score (nSPS) is 11.9. The number of rotatable bonds is 6. The molecule has 1 atom stereocenters. The largest absolute Gasteiger partial charge is 0.493 e. The number of hydrogen-bond acceptors (Lipinski definition) is 6. The van der Waals surface area contributed by atoms with E-state index < -0.39 is 0 Å². The Morgan fingerprint density at radius 2 is 1.88 bits per heavy atom. The second-order valence-electron chi connectivity index (χ2n) is 5.56. The number of carbonyl (C=O) groups excluding carboxylic acids is 1. The van der Waals surface area contributed by atoms with Crippen LogP contribution in [0.1, 0.15) is 42.9 Å². The van der Waals surface area contributed by atoms with E-state index >= 15 is 0 Å². The molecule has 0 fully saturated rings. The van der Waals surface area contributed by atoms with Crippen molar-refractivity contribution in [2.75, 3.05) is 12.8 Å². The van der Waals surface area contributed by atoms with E-state index in [9.17, 15) is 4.79 Å². The maximum Gasteiger partial charge on any atom is 0.274 e. The third-order valence-electron chi connectivity index (χ3n) is 3.34. The number of hydrogen-bond donors (Lipinski definition) is 2. The zero-order valence-electron chi connectivity index (χ0n) is 14.2. The molecule has 7 heteroatoms. The van der Waals surface area contributed by atoms with Crippen LogP contribution in [0.15, 0.2) is 30.6 Å². The summed E-state index contributed by atoms with van der Waals surface area (Å²) in [6.45, 7) is 5.76.